The van der Waals surface area contributed by atoms with Crippen molar-refractivity contribution in [2.45, 2.75) is 16.3 Å². The van der Waals surface area contributed by atoms with Gasteiger partial charge in [-0.3, -0.25) is 9.69 Å². The van der Waals surface area contributed by atoms with E-state index in [1.165, 1.54) is 17.2 Å². The number of halogens is 1. The van der Waals surface area contributed by atoms with Gasteiger partial charge in [0.1, 0.15) is 0 Å². The van der Waals surface area contributed by atoms with Gasteiger partial charge in [0.15, 0.2) is 9.84 Å². The molecule has 43 heavy (non-hydrogen) atoms. The van der Waals surface area contributed by atoms with Gasteiger partial charge in [0.25, 0.3) is 15.9 Å². The molecule has 1 heterocycles. The van der Waals surface area contributed by atoms with E-state index in [4.69, 9.17) is 17.3 Å². The number of nitrogen functional groups attached to an aromatic ring is 1. The monoisotopic (exact) mass is 638 g/mol. The zero-order chi connectivity index (χ0) is 30.8. The molecule has 1 amide bonds. The Morgan fingerprint density at radius 3 is 2.16 bits per heavy atom. The van der Waals surface area contributed by atoms with Crippen LogP contribution in [0.1, 0.15) is 15.9 Å². The molecule has 0 unspecified atom stereocenters. The highest BCUT2D eigenvalue weighted by Gasteiger charge is 2.23. The molecular weight excluding hydrogens is 608 g/mol. The molecule has 0 aliphatic carbocycles. The predicted molar refractivity (Wildman–Crippen MR) is 169 cm³/mol. The van der Waals surface area contributed by atoms with E-state index in [1.807, 2.05) is 35.1 Å². The molecule has 4 aromatic carbocycles. The summed E-state index contributed by atoms with van der Waals surface area (Å²) in [7, 11) is -8.09. The molecule has 9 nitrogen and oxygen atoms in total. The maximum Gasteiger partial charge on any atom is 0.264 e. The van der Waals surface area contributed by atoms with Crippen LogP contribution in [-0.2, 0) is 26.4 Å². The number of carbonyl (C=O) groups excluding carboxylic acids is 1. The molecule has 1 aliphatic rings. The summed E-state index contributed by atoms with van der Waals surface area (Å²) in [5.41, 5.74) is 10.3. The third-order valence-electron chi connectivity index (χ3n) is 7.36. The van der Waals surface area contributed by atoms with Gasteiger partial charge < -0.3 is 10.6 Å². The van der Waals surface area contributed by atoms with Crippen molar-refractivity contribution in [3.63, 3.8) is 0 Å². The molecule has 3 N–H and O–H groups in total. The van der Waals surface area contributed by atoms with Crippen LogP contribution in [0.4, 0.5) is 11.4 Å². The van der Waals surface area contributed by atoms with Crippen molar-refractivity contribution in [2.75, 3.05) is 43.1 Å². The van der Waals surface area contributed by atoms with Crippen LogP contribution < -0.4 is 15.4 Å². The summed E-state index contributed by atoms with van der Waals surface area (Å²) in [4.78, 5) is 16.7. The summed E-state index contributed by atoms with van der Waals surface area (Å²) in [5.74, 6) is -0.826. The molecule has 5 rings (SSSR count). The van der Waals surface area contributed by atoms with Gasteiger partial charge in [-0.15, -0.1) is 0 Å². The van der Waals surface area contributed by atoms with E-state index in [9.17, 15) is 21.6 Å². The number of sulfone groups is 1. The van der Waals surface area contributed by atoms with Gasteiger partial charge in [-0.05, 0) is 71.3 Å². The zero-order valence-corrected chi connectivity index (χ0v) is 25.8. The van der Waals surface area contributed by atoms with Crippen LogP contribution >= 0.6 is 11.6 Å². The molecule has 0 radical (unpaired) electrons. The molecular formula is C31H31ClN4O5S2. The molecule has 0 bridgehead atoms. The Kier molecular flexibility index (Phi) is 8.79. The third kappa shape index (κ3) is 7.19. The highest BCUT2D eigenvalue weighted by molar-refractivity contribution is 7.91. The molecule has 1 saturated heterocycles. The maximum absolute atomic E-state index is 12.8. The molecule has 12 heteroatoms. The van der Waals surface area contributed by atoms with Gasteiger partial charge in [0.2, 0.25) is 0 Å². The first-order chi connectivity index (χ1) is 20.4. The van der Waals surface area contributed by atoms with Crippen LogP contribution in [0.5, 0.6) is 0 Å². The highest BCUT2D eigenvalue weighted by Crippen LogP contribution is 2.27. The number of piperazine rings is 1. The van der Waals surface area contributed by atoms with E-state index in [2.05, 4.69) is 28.0 Å². The van der Waals surface area contributed by atoms with Gasteiger partial charge in [-0.25, -0.2) is 21.6 Å². The molecule has 0 atom stereocenters. The van der Waals surface area contributed by atoms with Crippen LogP contribution in [0.3, 0.4) is 0 Å². The first kappa shape index (κ1) is 30.6. The van der Waals surface area contributed by atoms with Crippen molar-refractivity contribution < 1.29 is 21.6 Å². The second-order valence-corrected chi connectivity index (χ2v) is 14.5. The van der Waals surface area contributed by atoms with E-state index in [0.717, 1.165) is 62.4 Å². The molecule has 0 aromatic heterocycles. The summed E-state index contributed by atoms with van der Waals surface area (Å²) < 4.78 is 51.5. The molecule has 224 valence electrons. The summed E-state index contributed by atoms with van der Waals surface area (Å²) >= 11 is 6.08. The number of nitrogens with zero attached hydrogens (tertiary/aromatic N) is 2. The lowest BCUT2D eigenvalue weighted by molar-refractivity contribution is 0.0981. The van der Waals surface area contributed by atoms with Gasteiger partial charge in [0, 0.05) is 55.3 Å². The summed E-state index contributed by atoms with van der Waals surface area (Å²) in [6, 6.07) is 26.2. The highest BCUT2D eigenvalue weighted by atomic mass is 35.5. The van der Waals surface area contributed by atoms with Gasteiger partial charge in [-0.2, -0.15) is 0 Å². The first-order valence-corrected chi connectivity index (χ1v) is 17.2. The Bertz CT molecular complexity index is 1860. The average molecular weight is 639 g/mol. The number of rotatable bonds is 8. The molecule has 1 aliphatic heterocycles. The van der Waals surface area contributed by atoms with Gasteiger partial charge in [-0.1, -0.05) is 48.0 Å². The second-order valence-electron chi connectivity index (χ2n) is 10.4. The Balaban J connectivity index is 1.20. The fraction of sp³-hybridized carbons (Fsp3) is 0.194. The topological polar surface area (TPSA) is 130 Å². The summed E-state index contributed by atoms with van der Waals surface area (Å²) in [6.45, 7) is 4.12. The number of nitrogens with two attached hydrogens (primary N) is 1. The average Bonchev–Trinajstić information content (AvgIpc) is 2.98. The number of amides is 1. The SMILES string of the molecule is CS(=O)(=O)c1cc(S(=O)(=O)NC(=O)c2ccc(N3CCN(Cc4ccccc4-c4ccc(Cl)cc4)CC3)cc2)ccc1N. The zero-order valence-electron chi connectivity index (χ0n) is 23.4. The van der Waals surface area contributed by atoms with Gasteiger partial charge >= 0.3 is 0 Å². The second kappa shape index (κ2) is 12.4. The van der Waals surface area contributed by atoms with Crippen molar-refractivity contribution in [2.24, 2.45) is 0 Å². The number of sulfonamides is 1. The fourth-order valence-electron chi connectivity index (χ4n) is 5.04. The largest absolute Gasteiger partial charge is 0.398 e. The Labute approximate surface area is 256 Å². The number of hydrogen-bond acceptors (Lipinski definition) is 8. The van der Waals surface area contributed by atoms with Crippen molar-refractivity contribution in [1.82, 2.24) is 9.62 Å². The predicted octanol–water partition coefficient (Wildman–Crippen LogP) is 4.43. The van der Waals surface area contributed by atoms with E-state index in [1.54, 1.807) is 24.3 Å². The number of hydrogen-bond donors (Lipinski definition) is 2. The Hall–Kier alpha value is -3.90. The maximum atomic E-state index is 12.8. The Morgan fingerprint density at radius 1 is 0.860 bits per heavy atom. The molecule has 1 fully saturated rings. The van der Waals surface area contributed by atoms with E-state index in [-0.39, 0.29) is 21.0 Å². The van der Waals surface area contributed by atoms with Crippen molar-refractivity contribution >= 4 is 48.7 Å². The van der Waals surface area contributed by atoms with Crippen molar-refractivity contribution in [3.05, 3.63) is 107 Å². The van der Waals surface area contributed by atoms with E-state index < -0.39 is 25.8 Å². The van der Waals surface area contributed by atoms with Crippen molar-refractivity contribution in [3.8, 4) is 11.1 Å². The summed E-state index contributed by atoms with van der Waals surface area (Å²) in [5, 5.41) is 0.708. The van der Waals surface area contributed by atoms with Gasteiger partial charge in [0.05, 0.1) is 15.5 Å². The quantitative estimate of drug-likeness (QED) is 0.271. The normalized spacial score (nSPS) is 14.4. The standard InChI is InChI=1S/C31H31ClN4O5S2/c1-42(38,39)30-20-27(14-15-29(30)33)43(40,41)34-31(37)23-8-12-26(13-9-23)36-18-16-35(17-19-36)21-24-4-2-3-5-28(24)22-6-10-25(32)11-7-22/h2-15,20H,16-19,21,33H2,1H3,(H,34,37). The van der Waals surface area contributed by atoms with Crippen LogP contribution in [0.25, 0.3) is 11.1 Å². The van der Waals surface area contributed by atoms with Crippen LogP contribution in [0.15, 0.2) is 101 Å². The van der Waals surface area contributed by atoms with E-state index >= 15 is 0 Å². The molecule has 4 aromatic rings. The smallest absolute Gasteiger partial charge is 0.264 e. The Morgan fingerprint density at radius 2 is 1.51 bits per heavy atom. The number of anilines is 2. The lowest BCUT2D eigenvalue weighted by Gasteiger charge is -2.36. The minimum Gasteiger partial charge on any atom is -0.398 e. The fourth-order valence-corrected chi connectivity index (χ4v) is 7.08. The summed E-state index contributed by atoms with van der Waals surface area (Å²) in [6.07, 6.45) is 0.928. The molecule has 0 saturated carbocycles. The third-order valence-corrected chi connectivity index (χ3v) is 10.1. The minimum absolute atomic E-state index is 0.0769. The lowest BCUT2D eigenvalue weighted by atomic mass is 9.99. The van der Waals surface area contributed by atoms with Crippen LogP contribution in [0, 0.1) is 0 Å². The lowest BCUT2D eigenvalue weighted by Crippen LogP contribution is -2.46. The number of nitrogens with one attached hydrogen (secondary N) is 1. The molecule has 0 spiro atoms. The van der Waals surface area contributed by atoms with Crippen LogP contribution in [0.2, 0.25) is 5.02 Å². The van der Waals surface area contributed by atoms with E-state index in [0.29, 0.717) is 5.02 Å². The number of carbonyl (C=O) groups is 1. The number of benzene rings is 4. The van der Waals surface area contributed by atoms with Crippen LogP contribution in [-0.4, -0.2) is 60.1 Å². The van der Waals surface area contributed by atoms with Crippen molar-refractivity contribution in [1.29, 1.82) is 0 Å². The minimum atomic E-state index is -4.33. The first-order valence-electron chi connectivity index (χ1n) is 13.5.